The smallest absolute Gasteiger partial charge is 0.118 e. The van der Waals surface area contributed by atoms with Gasteiger partial charge in [-0.3, -0.25) is 0 Å². The van der Waals surface area contributed by atoms with E-state index in [0.717, 1.165) is 31.2 Å². The quantitative estimate of drug-likeness (QED) is 0.756. The third-order valence-electron chi connectivity index (χ3n) is 4.35. The molecule has 1 unspecified atom stereocenters. The zero-order valence-corrected chi connectivity index (χ0v) is 13.6. The van der Waals surface area contributed by atoms with Crippen LogP contribution in [-0.2, 0) is 11.2 Å². The predicted octanol–water partition coefficient (Wildman–Crippen LogP) is 3.42. The minimum Gasteiger partial charge on any atom is -0.497 e. The van der Waals surface area contributed by atoms with Gasteiger partial charge in [0.1, 0.15) is 5.75 Å². The number of methoxy groups -OCH3 is 1. The van der Waals surface area contributed by atoms with Gasteiger partial charge in [0.25, 0.3) is 0 Å². The highest BCUT2D eigenvalue weighted by Gasteiger charge is 2.31. The van der Waals surface area contributed by atoms with E-state index in [4.69, 9.17) is 9.47 Å². The number of nitrogens with one attached hydrogen (secondary N) is 1. The van der Waals surface area contributed by atoms with Crippen LogP contribution in [0.4, 0.5) is 0 Å². The summed E-state index contributed by atoms with van der Waals surface area (Å²) in [4.78, 5) is 0. The first-order valence-corrected chi connectivity index (χ1v) is 8.23. The second kappa shape index (κ2) is 8.40. The molecule has 1 aromatic rings. The molecule has 0 spiro atoms. The molecule has 21 heavy (non-hydrogen) atoms. The van der Waals surface area contributed by atoms with Crippen molar-refractivity contribution < 1.29 is 9.47 Å². The van der Waals surface area contributed by atoms with Gasteiger partial charge in [-0.2, -0.15) is 0 Å². The van der Waals surface area contributed by atoms with Crippen molar-refractivity contribution in [2.75, 3.05) is 20.3 Å². The molecule has 1 aliphatic rings. The Morgan fingerprint density at radius 2 is 1.90 bits per heavy atom. The summed E-state index contributed by atoms with van der Waals surface area (Å²) in [7, 11) is 1.71. The Balaban J connectivity index is 1.81. The summed E-state index contributed by atoms with van der Waals surface area (Å²) < 4.78 is 10.9. The first-order chi connectivity index (χ1) is 10.2. The van der Waals surface area contributed by atoms with E-state index in [-0.39, 0.29) is 0 Å². The summed E-state index contributed by atoms with van der Waals surface area (Å²) in [6, 6.07) is 9.01. The van der Waals surface area contributed by atoms with Gasteiger partial charge in [0.05, 0.1) is 13.2 Å². The van der Waals surface area contributed by atoms with Gasteiger partial charge in [0, 0.05) is 12.6 Å². The zero-order chi connectivity index (χ0) is 15.1. The molecule has 0 aliphatic heterocycles. The maximum Gasteiger partial charge on any atom is 0.118 e. The van der Waals surface area contributed by atoms with Crippen LogP contribution in [0.25, 0.3) is 0 Å². The van der Waals surface area contributed by atoms with Crippen LogP contribution >= 0.6 is 0 Å². The van der Waals surface area contributed by atoms with Crippen LogP contribution in [0.15, 0.2) is 24.3 Å². The molecule has 1 aliphatic carbocycles. The van der Waals surface area contributed by atoms with Crippen molar-refractivity contribution in [1.29, 1.82) is 0 Å². The number of benzene rings is 1. The van der Waals surface area contributed by atoms with Gasteiger partial charge in [-0.1, -0.05) is 19.1 Å². The van der Waals surface area contributed by atoms with E-state index in [1.54, 1.807) is 7.11 Å². The Morgan fingerprint density at radius 3 is 2.48 bits per heavy atom. The Bertz CT molecular complexity index is 398. The standard InChI is InChI=1S/C18H29NO2/c1-4-19-16(11-15-12-18(13-15)21-5-2)10-14-6-8-17(20-3)9-7-14/h6-9,15-16,18-19H,4-5,10-13H2,1-3H3. The maximum absolute atomic E-state index is 5.66. The summed E-state index contributed by atoms with van der Waals surface area (Å²) in [6.07, 6.45) is 5.33. The molecule has 0 heterocycles. The van der Waals surface area contributed by atoms with Gasteiger partial charge in [0.15, 0.2) is 0 Å². The van der Waals surface area contributed by atoms with Crippen molar-refractivity contribution in [3.05, 3.63) is 29.8 Å². The van der Waals surface area contributed by atoms with Crippen LogP contribution in [0.3, 0.4) is 0 Å². The molecular weight excluding hydrogens is 262 g/mol. The lowest BCUT2D eigenvalue weighted by Crippen LogP contribution is -2.39. The average molecular weight is 291 g/mol. The van der Waals surface area contributed by atoms with E-state index in [9.17, 15) is 0 Å². The molecule has 0 saturated heterocycles. The van der Waals surface area contributed by atoms with Gasteiger partial charge in [-0.25, -0.2) is 0 Å². The highest BCUT2D eigenvalue weighted by Crippen LogP contribution is 2.34. The molecule has 1 fully saturated rings. The van der Waals surface area contributed by atoms with E-state index in [0.29, 0.717) is 12.1 Å². The molecule has 3 nitrogen and oxygen atoms in total. The van der Waals surface area contributed by atoms with Gasteiger partial charge in [0.2, 0.25) is 0 Å². The van der Waals surface area contributed by atoms with Crippen molar-refractivity contribution >= 4 is 0 Å². The summed E-state index contributed by atoms with van der Waals surface area (Å²) in [5, 5.41) is 3.63. The summed E-state index contributed by atoms with van der Waals surface area (Å²) in [5.41, 5.74) is 1.38. The van der Waals surface area contributed by atoms with Crippen LogP contribution in [0, 0.1) is 5.92 Å². The van der Waals surface area contributed by atoms with Crippen LogP contribution < -0.4 is 10.1 Å². The summed E-state index contributed by atoms with van der Waals surface area (Å²) in [6.45, 7) is 6.14. The van der Waals surface area contributed by atoms with Crippen LogP contribution in [0.1, 0.15) is 38.7 Å². The van der Waals surface area contributed by atoms with Crippen LogP contribution in [0.5, 0.6) is 5.75 Å². The number of hydrogen-bond donors (Lipinski definition) is 1. The largest absolute Gasteiger partial charge is 0.497 e. The zero-order valence-electron chi connectivity index (χ0n) is 13.6. The predicted molar refractivity (Wildman–Crippen MR) is 86.9 cm³/mol. The molecule has 1 saturated carbocycles. The molecular formula is C18H29NO2. The third kappa shape index (κ3) is 5.01. The maximum atomic E-state index is 5.66. The molecule has 118 valence electrons. The second-order valence-electron chi connectivity index (χ2n) is 5.96. The first kappa shape index (κ1) is 16.3. The second-order valence-corrected chi connectivity index (χ2v) is 5.96. The summed E-state index contributed by atoms with van der Waals surface area (Å²) >= 11 is 0. The average Bonchev–Trinajstić information content (AvgIpc) is 2.46. The molecule has 2 rings (SSSR count). The lowest BCUT2D eigenvalue weighted by atomic mass is 9.77. The molecule has 0 amide bonds. The molecule has 0 radical (unpaired) electrons. The van der Waals surface area contributed by atoms with Gasteiger partial charge in [-0.15, -0.1) is 0 Å². The monoisotopic (exact) mass is 291 g/mol. The normalized spacial score (nSPS) is 22.6. The highest BCUT2D eigenvalue weighted by molar-refractivity contribution is 5.27. The van der Waals surface area contributed by atoms with Crippen molar-refractivity contribution in [1.82, 2.24) is 5.32 Å². The molecule has 3 heteroatoms. The minimum atomic E-state index is 0.517. The van der Waals surface area contributed by atoms with Crippen molar-refractivity contribution in [3.63, 3.8) is 0 Å². The van der Waals surface area contributed by atoms with E-state index in [1.807, 2.05) is 12.1 Å². The number of ether oxygens (including phenoxy) is 2. The van der Waals surface area contributed by atoms with E-state index >= 15 is 0 Å². The van der Waals surface area contributed by atoms with Crippen LogP contribution in [-0.4, -0.2) is 32.4 Å². The van der Waals surface area contributed by atoms with E-state index in [1.165, 1.54) is 24.8 Å². The van der Waals surface area contributed by atoms with E-state index in [2.05, 4.69) is 31.3 Å². The Labute approximate surface area is 129 Å². The minimum absolute atomic E-state index is 0.517. The number of hydrogen-bond acceptors (Lipinski definition) is 3. The van der Waals surface area contributed by atoms with Gasteiger partial charge >= 0.3 is 0 Å². The fourth-order valence-electron chi connectivity index (χ4n) is 3.21. The lowest BCUT2D eigenvalue weighted by molar-refractivity contribution is -0.0289. The Morgan fingerprint density at radius 1 is 1.19 bits per heavy atom. The summed E-state index contributed by atoms with van der Waals surface area (Å²) in [5.74, 6) is 1.75. The Hall–Kier alpha value is -1.06. The molecule has 0 bridgehead atoms. The Kier molecular flexibility index (Phi) is 6.52. The van der Waals surface area contributed by atoms with Crippen molar-refractivity contribution in [2.45, 2.75) is 51.7 Å². The van der Waals surface area contributed by atoms with Crippen LogP contribution in [0.2, 0.25) is 0 Å². The molecule has 1 atom stereocenters. The lowest BCUT2D eigenvalue weighted by Gasteiger charge is -2.37. The SMILES string of the molecule is CCNC(Cc1ccc(OC)cc1)CC1CC(OCC)C1. The molecule has 1 aromatic carbocycles. The molecule has 1 N–H and O–H groups in total. The third-order valence-corrected chi connectivity index (χ3v) is 4.35. The number of likely N-dealkylation sites (N-methyl/N-ethyl adjacent to an activating group) is 1. The highest BCUT2D eigenvalue weighted by atomic mass is 16.5. The van der Waals surface area contributed by atoms with Crippen molar-refractivity contribution in [3.8, 4) is 5.75 Å². The topological polar surface area (TPSA) is 30.5 Å². The fraction of sp³-hybridized carbons (Fsp3) is 0.667. The molecule has 0 aromatic heterocycles. The fourth-order valence-corrected chi connectivity index (χ4v) is 3.21. The van der Waals surface area contributed by atoms with Crippen molar-refractivity contribution in [2.24, 2.45) is 5.92 Å². The van der Waals surface area contributed by atoms with E-state index < -0.39 is 0 Å². The number of rotatable bonds is 9. The van der Waals surface area contributed by atoms with Gasteiger partial charge < -0.3 is 14.8 Å². The van der Waals surface area contributed by atoms with Gasteiger partial charge in [-0.05, 0) is 62.8 Å². The first-order valence-electron chi connectivity index (χ1n) is 8.23.